The van der Waals surface area contributed by atoms with Crippen LogP contribution < -0.4 is 0 Å². The normalized spacial score (nSPS) is 17.6. The molecule has 0 amide bonds. The van der Waals surface area contributed by atoms with Crippen LogP contribution >= 0.6 is 0 Å². The summed E-state index contributed by atoms with van der Waals surface area (Å²) in [7, 11) is 1.38. The van der Waals surface area contributed by atoms with Gasteiger partial charge in [-0.25, -0.2) is 4.39 Å². The van der Waals surface area contributed by atoms with Crippen molar-refractivity contribution in [2.45, 2.75) is 18.3 Å². The first-order valence-corrected chi connectivity index (χ1v) is 4.53. The Morgan fingerprint density at radius 1 is 1.36 bits per heavy atom. The number of halogens is 1. The Morgan fingerprint density at radius 2 is 1.93 bits per heavy atom. The molecule has 0 spiro atoms. The quantitative estimate of drug-likeness (QED) is 0.673. The highest BCUT2D eigenvalue weighted by Gasteiger charge is 2.52. The summed E-state index contributed by atoms with van der Waals surface area (Å²) in [6.07, 6.45) is 1.59. The van der Waals surface area contributed by atoms with Gasteiger partial charge in [-0.15, -0.1) is 0 Å². The van der Waals surface area contributed by atoms with E-state index in [9.17, 15) is 9.18 Å². The second-order valence-corrected chi connectivity index (χ2v) is 3.58. The standard InChI is InChI=1S/C11H11FO2/c1-14-10(13)11(6-7-11)8-2-4-9(12)5-3-8/h2-5H,6-7H2,1H3. The van der Waals surface area contributed by atoms with Gasteiger partial charge in [-0.2, -0.15) is 0 Å². The van der Waals surface area contributed by atoms with Crippen molar-refractivity contribution in [3.05, 3.63) is 35.6 Å². The van der Waals surface area contributed by atoms with Crippen LogP contribution in [0.1, 0.15) is 18.4 Å². The Labute approximate surface area is 81.7 Å². The van der Waals surface area contributed by atoms with E-state index in [1.807, 2.05) is 0 Å². The third kappa shape index (κ3) is 1.29. The average Bonchev–Trinajstić information content (AvgIpc) is 2.99. The molecule has 0 unspecified atom stereocenters. The number of hydrogen-bond acceptors (Lipinski definition) is 2. The molecule has 14 heavy (non-hydrogen) atoms. The van der Waals surface area contributed by atoms with Crippen molar-refractivity contribution in [2.75, 3.05) is 7.11 Å². The van der Waals surface area contributed by atoms with E-state index in [1.165, 1.54) is 19.2 Å². The van der Waals surface area contributed by atoms with Gasteiger partial charge in [-0.05, 0) is 30.5 Å². The molecule has 0 aliphatic heterocycles. The van der Waals surface area contributed by atoms with Gasteiger partial charge < -0.3 is 4.74 Å². The van der Waals surface area contributed by atoms with Gasteiger partial charge in [0.15, 0.2) is 0 Å². The number of esters is 1. The van der Waals surface area contributed by atoms with E-state index in [0.29, 0.717) is 0 Å². The van der Waals surface area contributed by atoms with Crippen LogP contribution in [0.4, 0.5) is 4.39 Å². The molecule has 1 aliphatic rings. The number of rotatable bonds is 2. The minimum atomic E-state index is -0.484. The van der Waals surface area contributed by atoms with Gasteiger partial charge in [0.1, 0.15) is 5.82 Å². The lowest BCUT2D eigenvalue weighted by Gasteiger charge is -2.12. The molecule has 1 saturated carbocycles. The first-order valence-electron chi connectivity index (χ1n) is 4.53. The number of methoxy groups -OCH3 is 1. The van der Waals surface area contributed by atoms with E-state index in [2.05, 4.69) is 0 Å². The molecule has 0 heterocycles. The molecule has 0 atom stereocenters. The van der Waals surface area contributed by atoms with E-state index in [-0.39, 0.29) is 11.8 Å². The second-order valence-electron chi connectivity index (χ2n) is 3.58. The fourth-order valence-corrected chi connectivity index (χ4v) is 1.70. The zero-order valence-electron chi connectivity index (χ0n) is 7.92. The van der Waals surface area contributed by atoms with E-state index in [1.54, 1.807) is 12.1 Å². The monoisotopic (exact) mass is 194 g/mol. The SMILES string of the molecule is COC(=O)C1(c2ccc(F)cc2)CC1. The van der Waals surface area contributed by atoms with Crippen molar-refractivity contribution < 1.29 is 13.9 Å². The first-order chi connectivity index (χ1) is 6.69. The minimum Gasteiger partial charge on any atom is -0.468 e. The summed E-state index contributed by atoms with van der Waals surface area (Å²) in [5, 5.41) is 0. The molecule has 1 fully saturated rings. The van der Waals surface area contributed by atoms with Crippen LogP contribution in [0.25, 0.3) is 0 Å². The smallest absolute Gasteiger partial charge is 0.316 e. The average molecular weight is 194 g/mol. The number of carbonyl (C=O) groups is 1. The first kappa shape index (κ1) is 9.19. The highest BCUT2D eigenvalue weighted by molar-refractivity contribution is 5.86. The van der Waals surface area contributed by atoms with Crippen LogP contribution in [0.15, 0.2) is 24.3 Å². The van der Waals surface area contributed by atoms with Crippen LogP contribution in [-0.2, 0) is 14.9 Å². The van der Waals surface area contributed by atoms with Crippen molar-refractivity contribution >= 4 is 5.97 Å². The van der Waals surface area contributed by atoms with Gasteiger partial charge in [0, 0.05) is 0 Å². The molecule has 1 aromatic carbocycles. The van der Waals surface area contributed by atoms with Crippen molar-refractivity contribution in [1.82, 2.24) is 0 Å². The fraction of sp³-hybridized carbons (Fsp3) is 0.364. The van der Waals surface area contributed by atoms with Crippen molar-refractivity contribution in [2.24, 2.45) is 0 Å². The van der Waals surface area contributed by atoms with Crippen LogP contribution in [-0.4, -0.2) is 13.1 Å². The van der Waals surface area contributed by atoms with Crippen molar-refractivity contribution in [1.29, 1.82) is 0 Å². The molecule has 3 heteroatoms. The van der Waals surface area contributed by atoms with E-state index < -0.39 is 5.41 Å². The lowest BCUT2D eigenvalue weighted by Crippen LogP contribution is -2.21. The maximum atomic E-state index is 12.7. The minimum absolute atomic E-state index is 0.218. The lowest BCUT2D eigenvalue weighted by atomic mass is 9.96. The zero-order valence-corrected chi connectivity index (χ0v) is 7.92. The zero-order chi connectivity index (χ0) is 10.2. The maximum Gasteiger partial charge on any atom is 0.316 e. The Hall–Kier alpha value is -1.38. The van der Waals surface area contributed by atoms with E-state index in [4.69, 9.17) is 4.74 Å². The molecule has 0 radical (unpaired) electrons. The molecule has 2 nitrogen and oxygen atoms in total. The van der Waals surface area contributed by atoms with Gasteiger partial charge in [0.05, 0.1) is 12.5 Å². The van der Waals surface area contributed by atoms with Gasteiger partial charge in [-0.1, -0.05) is 12.1 Å². The molecule has 0 aromatic heterocycles. The largest absolute Gasteiger partial charge is 0.468 e. The molecule has 0 bridgehead atoms. The summed E-state index contributed by atoms with van der Waals surface area (Å²) in [5.41, 5.74) is 0.369. The Balaban J connectivity index is 2.31. The predicted octanol–water partition coefficient (Wildman–Crippen LogP) is 2.03. The Kier molecular flexibility index (Phi) is 2.02. The third-order valence-corrected chi connectivity index (χ3v) is 2.72. The van der Waals surface area contributed by atoms with E-state index in [0.717, 1.165) is 18.4 Å². The third-order valence-electron chi connectivity index (χ3n) is 2.72. The lowest BCUT2D eigenvalue weighted by molar-refractivity contribution is -0.143. The van der Waals surface area contributed by atoms with Crippen LogP contribution in [0.3, 0.4) is 0 Å². The Bertz CT molecular complexity index is 352. The van der Waals surface area contributed by atoms with Gasteiger partial charge in [0.2, 0.25) is 0 Å². The van der Waals surface area contributed by atoms with E-state index >= 15 is 0 Å². The molecule has 0 N–H and O–H groups in total. The molecule has 1 aliphatic carbocycles. The summed E-state index contributed by atoms with van der Waals surface area (Å²) in [4.78, 5) is 11.5. The van der Waals surface area contributed by atoms with Crippen LogP contribution in [0.5, 0.6) is 0 Å². The number of benzene rings is 1. The highest BCUT2D eigenvalue weighted by Crippen LogP contribution is 2.49. The molecule has 2 rings (SSSR count). The summed E-state index contributed by atoms with van der Waals surface area (Å²) in [6.45, 7) is 0. The maximum absolute atomic E-state index is 12.7. The van der Waals surface area contributed by atoms with Crippen molar-refractivity contribution in [3.8, 4) is 0 Å². The molecular formula is C11H11FO2. The molecule has 0 saturated heterocycles. The highest BCUT2D eigenvalue weighted by atomic mass is 19.1. The Morgan fingerprint density at radius 3 is 2.36 bits per heavy atom. The van der Waals surface area contributed by atoms with Crippen LogP contribution in [0.2, 0.25) is 0 Å². The van der Waals surface area contributed by atoms with Gasteiger partial charge in [-0.3, -0.25) is 4.79 Å². The number of carbonyl (C=O) groups excluding carboxylic acids is 1. The number of ether oxygens (including phenoxy) is 1. The fourth-order valence-electron chi connectivity index (χ4n) is 1.70. The summed E-state index contributed by atoms with van der Waals surface area (Å²) in [5.74, 6) is -0.501. The molecule has 74 valence electrons. The summed E-state index contributed by atoms with van der Waals surface area (Å²) in [6, 6.07) is 6.05. The molecular weight excluding hydrogens is 183 g/mol. The summed E-state index contributed by atoms with van der Waals surface area (Å²) >= 11 is 0. The predicted molar refractivity (Wildman–Crippen MR) is 49.3 cm³/mol. The number of hydrogen-bond donors (Lipinski definition) is 0. The van der Waals surface area contributed by atoms with Gasteiger partial charge >= 0.3 is 5.97 Å². The van der Waals surface area contributed by atoms with Gasteiger partial charge in [0.25, 0.3) is 0 Å². The second kappa shape index (κ2) is 3.08. The summed E-state index contributed by atoms with van der Waals surface area (Å²) < 4.78 is 17.4. The van der Waals surface area contributed by atoms with Crippen LogP contribution in [0, 0.1) is 5.82 Å². The molecule has 1 aromatic rings. The van der Waals surface area contributed by atoms with Crippen molar-refractivity contribution in [3.63, 3.8) is 0 Å². The topological polar surface area (TPSA) is 26.3 Å².